The molecule has 1 aromatic carbocycles. The Hall–Kier alpha value is -1.91. The van der Waals surface area contributed by atoms with Crippen LogP contribution in [0.15, 0.2) is 18.2 Å². The summed E-state index contributed by atoms with van der Waals surface area (Å²) in [7, 11) is 0. The van der Waals surface area contributed by atoms with Crippen LogP contribution in [-0.4, -0.2) is 17.0 Å². The second kappa shape index (κ2) is 5.38. The number of benzene rings is 1. The summed E-state index contributed by atoms with van der Waals surface area (Å²) in [4.78, 5) is 22.7. The monoisotopic (exact) mass is 265 g/mol. The van der Waals surface area contributed by atoms with Gasteiger partial charge in [-0.2, -0.15) is 0 Å². The molecule has 0 aromatic heterocycles. The zero-order valence-corrected chi connectivity index (χ0v) is 10.6. The molecule has 0 bridgehead atoms. The van der Waals surface area contributed by atoms with E-state index in [-0.39, 0.29) is 23.1 Å². The predicted molar refractivity (Wildman–Crippen MR) is 68.5 cm³/mol. The number of rotatable bonds is 3. The molecule has 102 valence electrons. The fourth-order valence-corrected chi connectivity index (χ4v) is 2.51. The molecule has 1 fully saturated rings. The molecule has 0 saturated heterocycles. The number of carbonyl (C=O) groups excluding carboxylic acids is 1. The van der Waals surface area contributed by atoms with Crippen molar-refractivity contribution < 1.29 is 19.1 Å². The molecule has 19 heavy (non-hydrogen) atoms. The third kappa shape index (κ3) is 2.92. The number of aromatic carboxylic acids is 1. The highest BCUT2D eigenvalue weighted by molar-refractivity contribution is 5.94. The van der Waals surface area contributed by atoms with Crippen LogP contribution in [0.3, 0.4) is 0 Å². The molecule has 0 spiro atoms. The molecule has 0 aliphatic heterocycles. The van der Waals surface area contributed by atoms with Crippen LogP contribution >= 0.6 is 0 Å². The molecule has 1 amide bonds. The lowest BCUT2D eigenvalue weighted by atomic mass is 9.97. The minimum absolute atomic E-state index is 0.0362. The molecular formula is C14H16FNO3. The van der Waals surface area contributed by atoms with Crippen LogP contribution < -0.4 is 5.32 Å². The zero-order chi connectivity index (χ0) is 14.0. The van der Waals surface area contributed by atoms with Crippen molar-refractivity contribution in [2.75, 3.05) is 5.32 Å². The van der Waals surface area contributed by atoms with Gasteiger partial charge < -0.3 is 10.4 Å². The minimum Gasteiger partial charge on any atom is -0.478 e. The van der Waals surface area contributed by atoms with Crippen LogP contribution in [0.1, 0.15) is 36.5 Å². The number of carboxylic acids is 1. The van der Waals surface area contributed by atoms with Gasteiger partial charge in [-0.15, -0.1) is 0 Å². The van der Waals surface area contributed by atoms with E-state index in [4.69, 9.17) is 5.11 Å². The van der Waals surface area contributed by atoms with Gasteiger partial charge in [-0.05, 0) is 37.0 Å². The summed E-state index contributed by atoms with van der Waals surface area (Å²) >= 11 is 0. The molecule has 1 saturated carbocycles. The van der Waals surface area contributed by atoms with Gasteiger partial charge in [-0.3, -0.25) is 4.79 Å². The SMILES string of the molecule is CC1CCCC1C(=O)Nc1ccc(C(=O)O)cc1F. The molecule has 1 aromatic rings. The standard InChI is InChI=1S/C14H16FNO3/c1-8-3-2-4-10(8)13(17)16-12-6-5-9(14(18)19)7-11(12)15/h5-8,10H,2-4H2,1H3,(H,16,17)(H,18,19). The molecule has 2 rings (SSSR count). The van der Waals surface area contributed by atoms with E-state index >= 15 is 0 Å². The number of halogens is 1. The normalized spacial score (nSPS) is 22.2. The Morgan fingerprint density at radius 1 is 1.37 bits per heavy atom. The van der Waals surface area contributed by atoms with Gasteiger partial charge in [0.25, 0.3) is 0 Å². The highest BCUT2D eigenvalue weighted by atomic mass is 19.1. The van der Waals surface area contributed by atoms with Crippen molar-refractivity contribution in [2.45, 2.75) is 26.2 Å². The Bertz CT molecular complexity index is 515. The molecule has 1 aliphatic rings. The van der Waals surface area contributed by atoms with Crippen molar-refractivity contribution in [1.82, 2.24) is 0 Å². The summed E-state index contributed by atoms with van der Waals surface area (Å²) < 4.78 is 13.7. The fraction of sp³-hybridized carbons (Fsp3) is 0.429. The average molecular weight is 265 g/mol. The quantitative estimate of drug-likeness (QED) is 0.883. The molecule has 2 N–H and O–H groups in total. The number of anilines is 1. The second-order valence-corrected chi connectivity index (χ2v) is 5.00. The lowest BCUT2D eigenvalue weighted by Gasteiger charge is -2.15. The summed E-state index contributed by atoms with van der Waals surface area (Å²) in [6.45, 7) is 2.02. The predicted octanol–water partition coefficient (Wildman–Crippen LogP) is 2.90. The first kappa shape index (κ1) is 13.5. The molecule has 5 heteroatoms. The Labute approximate surface area is 110 Å². The van der Waals surface area contributed by atoms with E-state index < -0.39 is 11.8 Å². The van der Waals surface area contributed by atoms with Crippen LogP contribution in [0.2, 0.25) is 0 Å². The van der Waals surface area contributed by atoms with Crippen molar-refractivity contribution in [3.8, 4) is 0 Å². The van der Waals surface area contributed by atoms with Crippen LogP contribution in [0.5, 0.6) is 0 Å². The van der Waals surface area contributed by atoms with Crippen molar-refractivity contribution in [1.29, 1.82) is 0 Å². The number of amides is 1. The van der Waals surface area contributed by atoms with Gasteiger partial charge in [-0.1, -0.05) is 13.3 Å². The first-order chi connectivity index (χ1) is 8.99. The summed E-state index contributed by atoms with van der Waals surface area (Å²) in [5.74, 6) is -1.88. The van der Waals surface area contributed by atoms with Crippen molar-refractivity contribution in [3.05, 3.63) is 29.6 Å². The van der Waals surface area contributed by atoms with E-state index in [0.29, 0.717) is 5.92 Å². The van der Waals surface area contributed by atoms with Crippen LogP contribution in [0.4, 0.5) is 10.1 Å². The average Bonchev–Trinajstić information content (AvgIpc) is 2.77. The molecule has 2 unspecified atom stereocenters. The van der Waals surface area contributed by atoms with E-state index in [1.54, 1.807) is 0 Å². The molecule has 0 heterocycles. The number of nitrogens with one attached hydrogen (secondary N) is 1. The number of carboxylic acid groups (broad SMARTS) is 1. The van der Waals surface area contributed by atoms with E-state index in [1.807, 2.05) is 6.92 Å². The van der Waals surface area contributed by atoms with E-state index in [2.05, 4.69) is 5.32 Å². The van der Waals surface area contributed by atoms with Gasteiger partial charge in [0, 0.05) is 5.92 Å². The maximum Gasteiger partial charge on any atom is 0.335 e. The van der Waals surface area contributed by atoms with Gasteiger partial charge in [-0.25, -0.2) is 9.18 Å². The molecular weight excluding hydrogens is 249 g/mol. The van der Waals surface area contributed by atoms with E-state index in [9.17, 15) is 14.0 Å². The lowest BCUT2D eigenvalue weighted by Crippen LogP contribution is -2.25. The largest absolute Gasteiger partial charge is 0.478 e. The van der Waals surface area contributed by atoms with Crippen LogP contribution in [0.25, 0.3) is 0 Å². The van der Waals surface area contributed by atoms with Crippen molar-refractivity contribution in [3.63, 3.8) is 0 Å². The Morgan fingerprint density at radius 3 is 2.63 bits per heavy atom. The zero-order valence-electron chi connectivity index (χ0n) is 10.6. The van der Waals surface area contributed by atoms with Crippen molar-refractivity contribution >= 4 is 17.6 Å². The fourth-order valence-electron chi connectivity index (χ4n) is 2.51. The Morgan fingerprint density at radius 2 is 2.11 bits per heavy atom. The second-order valence-electron chi connectivity index (χ2n) is 5.00. The van der Waals surface area contributed by atoms with Crippen LogP contribution in [-0.2, 0) is 4.79 Å². The molecule has 1 aliphatic carbocycles. The number of carbonyl (C=O) groups is 2. The first-order valence-electron chi connectivity index (χ1n) is 6.32. The summed E-state index contributed by atoms with van der Waals surface area (Å²) in [6.07, 6.45) is 2.85. The summed E-state index contributed by atoms with van der Waals surface area (Å²) in [5, 5.41) is 11.3. The maximum absolute atomic E-state index is 13.7. The lowest BCUT2D eigenvalue weighted by molar-refractivity contribution is -0.120. The van der Waals surface area contributed by atoms with E-state index in [1.165, 1.54) is 12.1 Å². The van der Waals surface area contributed by atoms with Gasteiger partial charge in [0.2, 0.25) is 5.91 Å². The summed E-state index contributed by atoms with van der Waals surface area (Å²) in [5.41, 5.74) is -0.0983. The third-order valence-corrected chi connectivity index (χ3v) is 3.67. The van der Waals surface area contributed by atoms with Crippen LogP contribution in [0, 0.1) is 17.7 Å². The van der Waals surface area contributed by atoms with Gasteiger partial charge in [0.15, 0.2) is 0 Å². The van der Waals surface area contributed by atoms with E-state index in [0.717, 1.165) is 25.3 Å². The van der Waals surface area contributed by atoms with Crippen molar-refractivity contribution in [2.24, 2.45) is 11.8 Å². The molecule has 4 nitrogen and oxygen atoms in total. The third-order valence-electron chi connectivity index (χ3n) is 3.67. The molecule has 0 radical (unpaired) electrons. The van der Waals surface area contributed by atoms with Gasteiger partial charge >= 0.3 is 5.97 Å². The smallest absolute Gasteiger partial charge is 0.335 e. The Balaban J connectivity index is 2.11. The number of hydrogen-bond donors (Lipinski definition) is 2. The number of hydrogen-bond acceptors (Lipinski definition) is 2. The van der Waals surface area contributed by atoms with Gasteiger partial charge in [0.05, 0.1) is 11.3 Å². The van der Waals surface area contributed by atoms with Gasteiger partial charge in [0.1, 0.15) is 5.82 Å². The highest BCUT2D eigenvalue weighted by Gasteiger charge is 2.30. The Kier molecular flexibility index (Phi) is 3.83. The minimum atomic E-state index is -1.19. The topological polar surface area (TPSA) is 66.4 Å². The maximum atomic E-state index is 13.7. The summed E-state index contributed by atoms with van der Waals surface area (Å²) in [6, 6.07) is 3.48. The first-order valence-corrected chi connectivity index (χ1v) is 6.32. The molecule has 2 atom stereocenters. The highest BCUT2D eigenvalue weighted by Crippen LogP contribution is 2.32.